The summed E-state index contributed by atoms with van der Waals surface area (Å²) in [5, 5.41) is 7.67. The quantitative estimate of drug-likeness (QED) is 0.428. The van der Waals surface area contributed by atoms with Gasteiger partial charge in [0, 0.05) is 33.1 Å². The first kappa shape index (κ1) is 22.0. The zero-order chi connectivity index (χ0) is 23.8. The van der Waals surface area contributed by atoms with Crippen molar-refractivity contribution in [3.8, 4) is 5.69 Å². The normalized spacial score (nSPS) is 14.6. The Morgan fingerprint density at radius 1 is 0.882 bits per heavy atom. The number of rotatable bonds is 5. The average molecular weight is 470 g/mol. The molecule has 1 atom stereocenters. The maximum atomic E-state index is 13.2. The molecule has 2 heterocycles. The van der Waals surface area contributed by atoms with Gasteiger partial charge in [-0.25, -0.2) is 4.68 Å². The van der Waals surface area contributed by atoms with Crippen molar-refractivity contribution >= 4 is 28.3 Å². The van der Waals surface area contributed by atoms with E-state index in [0.717, 1.165) is 28.1 Å². The van der Waals surface area contributed by atoms with Gasteiger partial charge in [-0.15, -0.1) is 0 Å². The number of fused-ring (bicyclic) bond motifs is 1. The third-order valence-electron chi connectivity index (χ3n) is 5.93. The number of aryl methyl sites for hydroxylation is 2. The van der Waals surface area contributed by atoms with Crippen LogP contribution in [-0.2, 0) is 22.3 Å². The molecule has 0 radical (unpaired) electrons. The molecular formula is C27H23N3O3S. The predicted molar refractivity (Wildman–Crippen MR) is 133 cm³/mol. The van der Waals surface area contributed by atoms with Crippen LogP contribution in [0.25, 0.3) is 5.69 Å². The highest BCUT2D eigenvalue weighted by Crippen LogP contribution is 2.32. The lowest BCUT2D eigenvalue weighted by atomic mass is 10.0. The molecule has 0 saturated heterocycles. The molecule has 6 nitrogen and oxygen atoms in total. The van der Waals surface area contributed by atoms with Crippen molar-refractivity contribution in [3.05, 3.63) is 112 Å². The van der Waals surface area contributed by atoms with Gasteiger partial charge in [0.1, 0.15) is 5.82 Å². The molecule has 0 spiro atoms. The highest BCUT2D eigenvalue weighted by atomic mass is 32.2. The van der Waals surface area contributed by atoms with E-state index in [0.29, 0.717) is 34.0 Å². The number of benzene rings is 3. The Bertz CT molecular complexity index is 1440. The van der Waals surface area contributed by atoms with Crippen LogP contribution in [0.4, 0.5) is 5.82 Å². The van der Waals surface area contributed by atoms with Crippen LogP contribution in [0.2, 0.25) is 0 Å². The summed E-state index contributed by atoms with van der Waals surface area (Å²) in [6, 6.07) is 21.7. The Morgan fingerprint density at radius 3 is 2.26 bits per heavy atom. The molecule has 1 unspecified atom stereocenters. The van der Waals surface area contributed by atoms with Gasteiger partial charge in [-0.1, -0.05) is 60.2 Å². The summed E-state index contributed by atoms with van der Waals surface area (Å²) < 4.78 is 13.9. The second-order valence-electron chi connectivity index (χ2n) is 8.43. The summed E-state index contributed by atoms with van der Waals surface area (Å²) in [5.41, 5.74) is 6.12. The van der Waals surface area contributed by atoms with E-state index in [4.69, 9.17) is 0 Å². The van der Waals surface area contributed by atoms with Crippen LogP contribution in [0.5, 0.6) is 0 Å². The Labute approximate surface area is 200 Å². The van der Waals surface area contributed by atoms with Gasteiger partial charge in [0.05, 0.1) is 22.9 Å². The van der Waals surface area contributed by atoms with Crippen LogP contribution in [0.15, 0.2) is 72.8 Å². The predicted octanol–water partition coefficient (Wildman–Crippen LogP) is 4.73. The SMILES string of the molecule is Cc1ccc(-n2nc3c(c2NC(=O)c2ccc(C(=O)c4ccccc4)cc2)CS(=O)C3)c(C)c1. The van der Waals surface area contributed by atoms with Crippen molar-refractivity contribution in [1.29, 1.82) is 0 Å². The molecule has 170 valence electrons. The van der Waals surface area contributed by atoms with Gasteiger partial charge in [0.15, 0.2) is 5.78 Å². The maximum Gasteiger partial charge on any atom is 0.256 e. The molecule has 7 heteroatoms. The van der Waals surface area contributed by atoms with Gasteiger partial charge >= 0.3 is 0 Å². The molecule has 1 aliphatic rings. The molecule has 4 aromatic rings. The molecule has 1 N–H and O–H groups in total. The maximum absolute atomic E-state index is 13.2. The summed E-state index contributed by atoms with van der Waals surface area (Å²) >= 11 is 0. The van der Waals surface area contributed by atoms with Crippen LogP contribution in [-0.4, -0.2) is 25.7 Å². The zero-order valence-corrected chi connectivity index (χ0v) is 19.7. The molecule has 0 bridgehead atoms. The largest absolute Gasteiger partial charge is 0.306 e. The first-order valence-electron chi connectivity index (χ1n) is 11.0. The van der Waals surface area contributed by atoms with Crippen molar-refractivity contribution < 1.29 is 13.8 Å². The van der Waals surface area contributed by atoms with Crippen molar-refractivity contribution in [2.45, 2.75) is 25.4 Å². The molecular weight excluding hydrogens is 446 g/mol. The number of hydrogen-bond donors (Lipinski definition) is 1. The number of carbonyl (C=O) groups excluding carboxylic acids is 2. The monoisotopic (exact) mass is 469 g/mol. The van der Waals surface area contributed by atoms with Crippen molar-refractivity contribution in [3.63, 3.8) is 0 Å². The van der Waals surface area contributed by atoms with E-state index in [2.05, 4.69) is 16.5 Å². The second kappa shape index (κ2) is 8.83. The fraction of sp³-hybridized carbons (Fsp3) is 0.148. The number of amides is 1. The molecule has 0 saturated carbocycles. The number of aromatic nitrogens is 2. The molecule has 1 aromatic heterocycles. The van der Waals surface area contributed by atoms with Crippen LogP contribution >= 0.6 is 0 Å². The topological polar surface area (TPSA) is 81.1 Å². The number of ketones is 1. The average Bonchev–Trinajstić information content (AvgIpc) is 3.36. The summed E-state index contributed by atoms with van der Waals surface area (Å²) in [7, 11) is -1.02. The Balaban J connectivity index is 1.45. The minimum absolute atomic E-state index is 0.0965. The first-order chi connectivity index (χ1) is 16.4. The fourth-order valence-electron chi connectivity index (χ4n) is 4.18. The Hall–Kier alpha value is -3.84. The Morgan fingerprint density at radius 2 is 1.56 bits per heavy atom. The fourth-order valence-corrected chi connectivity index (χ4v) is 5.45. The Kier molecular flexibility index (Phi) is 5.71. The van der Waals surface area contributed by atoms with Crippen molar-refractivity contribution in [1.82, 2.24) is 9.78 Å². The number of hydrogen-bond acceptors (Lipinski definition) is 4. The van der Waals surface area contributed by atoms with Crippen LogP contribution < -0.4 is 5.32 Å². The lowest BCUT2D eigenvalue weighted by Gasteiger charge is -2.13. The summed E-state index contributed by atoms with van der Waals surface area (Å²) in [6.45, 7) is 4.03. The van der Waals surface area contributed by atoms with Crippen LogP contribution in [0, 0.1) is 13.8 Å². The van der Waals surface area contributed by atoms with E-state index in [1.54, 1.807) is 41.1 Å². The van der Waals surface area contributed by atoms with Gasteiger partial charge in [-0.2, -0.15) is 5.10 Å². The number of anilines is 1. The molecule has 5 rings (SSSR count). The number of nitrogens with zero attached hydrogens (tertiary/aromatic N) is 2. The van der Waals surface area contributed by atoms with Crippen LogP contribution in [0.1, 0.15) is 48.7 Å². The molecule has 0 aliphatic carbocycles. The van der Waals surface area contributed by atoms with Gasteiger partial charge in [0.25, 0.3) is 5.91 Å². The smallest absolute Gasteiger partial charge is 0.256 e. The lowest BCUT2D eigenvalue weighted by molar-refractivity contribution is 0.101. The summed E-state index contributed by atoms with van der Waals surface area (Å²) in [4.78, 5) is 25.8. The van der Waals surface area contributed by atoms with E-state index in [-0.39, 0.29) is 11.7 Å². The summed E-state index contributed by atoms with van der Waals surface area (Å²) in [5.74, 6) is 0.875. The van der Waals surface area contributed by atoms with Gasteiger partial charge in [-0.3, -0.25) is 13.8 Å². The summed E-state index contributed by atoms with van der Waals surface area (Å²) in [6.07, 6.45) is 0. The molecule has 34 heavy (non-hydrogen) atoms. The van der Waals surface area contributed by atoms with Gasteiger partial charge in [0.2, 0.25) is 0 Å². The van der Waals surface area contributed by atoms with E-state index < -0.39 is 10.8 Å². The third-order valence-corrected chi connectivity index (χ3v) is 7.13. The lowest BCUT2D eigenvalue weighted by Crippen LogP contribution is -2.17. The highest BCUT2D eigenvalue weighted by Gasteiger charge is 2.29. The van der Waals surface area contributed by atoms with E-state index in [9.17, 15) is 13.8 Å². The third kappa shape index (κ3) is 4.10. The van der Waals surface area contributed by atoms with Crippen molar-refractivity contribution in [2.24, 2.45) is 0 Å². The highest BCUT2D eigenvalue weighted by molar-refractivity contribution is 7.83. The minimum Gasteiger partial charge on any atom is -0.306 e. The first-order valence-corrected chi connectivity index (χ1v) is 12.4. The van der Waals surface area contributed by atoms with Crippen molar-refractivity contribution in [2.75, 3.05) is 5.32 Å². The van der Waals surface area contributed by atoms with Crippen LogP contribution in [0.3, 0.4) is 0 Å². The van der Waals surface area contributed by atoms with E-state index >= 15 is 0 Å². The molecule has 0 fully saturated rings. The molecule has 3 aromatic carbocycles. The van der Waals surface area contributed by atoms with E-state index in [1.165, 1.54) is 0 Å². The molecule has 1 aliphatic heterocycles. The standard InChI is InChI=1S/C27H23N3O3S/c1-17-8-13-24(18(2)14-17)30-26(22-15-34(33)16-23(22)29-30)28-27(32)21-11-9-20(10-12-21)25(31)19-6-4-3-5-7-19/h3-14H,15-16H2,1-2H3,(H,28,32). The number of carbonyl (C=O) groups is 2. The number of nitrogens with one attached hydrogen (secondary N) is 1. The molecule has 1 amide bonds. The zero-order valence-electron chi connectivity index (χ0n) is 18.9. The van der Waals surface area contributed by atoms with Gasteiger partial charge in [-0.05, 0) is 37.6 Å². The van der Waals surface area contributed by atoms with E-state index in [1.807, 2.05) is 44.2 Å². The minimum atomic E-state index is -1.02. The second-order valence-corrected chi connectivity index (χ2v) is 9.89. The van der Waals surface area contributed by atoms with Gasteiger partial charge < -0.3 is 5.32 Å².